The standard InChI is InChI=1S/C13H22N2O4/c1-9-3-2-6-15(8-9)13(18)14-7-10-4-5-11(19-10)12(16)17/h9-11H,2-8H2,1H3,(H,14,18)(H,16,17). The number of ether oxygens (including phenoxy) is 1. The van der Waals surface area contributed by atoms with Gasteiger partial charge in [0, 0.05) is 19.6 Å². The van der Waals surface area contributed by atoms with Gasteiger partial charge in [0.05, 0.1) is 6.10 Å². The lowest BCUT2D eigenvalue weighted by molar-refractivity contribution is -0.149. The summed E-state index contributed by atoms with van der Waals surface area (Å²) in [5, 5.41) is 11.7. The quantitative estimate of drug-likeness (QED) is 0.803. The number of carbonyl (C=O) groups is 2. The predicted molar refractivity (Wildman–Crippen MR) is 68.9 cm³/mol. The average molecular weight is 270 g/mol. The van der Waals surface area contributed by atoms with Crippen LogP contribution in [-0.2, 0) is 9.53 Å². The van der Waals surface area contributed by atoms with Crippen LogP contribution in [0.2, 0.25) is 0 Å². The van der Waals surface area contributed by atoms with Crippen molar-refractivity contribution in [1.82, 2.24) is 10.2 Å². The zero-order valence-corrected chi connectivity index (χ0v) is 11.3. The first kappa shape index (κ1) is 14.1. The highest BCUT2D eigenvalue weighted by Crippen LogP contribution is 2.19. The minimum Gasteiger partial charge on any atom is -0.479 e. The number of hydrogen-bond acceptors (Lipinski definition) is 3. The van der Waals surface area contributed by atoms with Crippen molar-refractivity contribution in [2.24, 2.45) is 5.92 Å². The van der Waals surface area contributed by atoms with Crippen LogP contribution in [0.25, 0.3) is 0 Å². The summed E-state index contributed by atoms with van der Waals surface area (Å²) in [5.74, 6) is -0.364. The van der Waals surface area contributed by atoms with Crippen molar-refractivity contribution >= 4 is 12.0 Å². The van der Waals surface area contributed by atoms with Gasteiger partial charge >= 0.3 is 12.0 Å². The minimum atomic E-state index is -0.918. The molecule has 0 radical (unpaired) electrons. The lowest BCUT2D eigenvalue weighted by atomic mass is 10.0. The Kier molecular flexibility index (Phi) is 4.63. The number of aliphatic carboxylic acids is 1. The first-order valence-electron chi connectivity index (χ1n) is 6.97. The fourth-order valence-electron chi connectivity index (χ4n) is 2.72. The van der Waals surface area contributed by atoms with Crippen molar-refractivity contribution < 1.29 is 19.4 Å². The Morgan fingerprint density at radius 3 is 2.79 bits per heavy atom. The zero-order chi connectivity index (χ0) is 13.8. The summed E-state index contributed by atoms with van der Waals surface area (Å²) in [4.78, 5) is 24.5. The van der Waals surface area contributed by atoms with E-state index < -0.39 is 12.1 Å². The Morgan fingerprint density at radius 2 is 2.16 bits per heavy atom. The second-order valence-corrected chi connectivity index (χ2v) is 5.54. The Morgan fingerprint density at radius 1 is 1.37 bits per heavy atom. The number of hydrogen-bond donors (Lipinski definition) is 2. The van der Waals surface area contributed by atoms with Gasteiger partial charge in [0.2, 0.25) is 0 Å². The molecule has 2 fully saturated rings. The van der Waals surface area contributed by atoms with E-state index in [1.54, 1.807) is 0 Å². The second-order valence-electron chi connectivity index (χ2n) is 5.54. The third-order valence-electron chi connectivity index (χ3n) is 3.81. The lowest BCUT2D eigenvalue weighted by Crippen LogP contribution is -2.46. The largest absolute Gasteiger partial charge is 0.479 e. The number of piperidine rings is 1. The molecule has 6 nitrogen and oxygen atoms in total. The van der Waals surface area contributed by atoms with Gasteiger partial charge in [0.1, 0.15) is 0 Å². The van der Waals surface area contributed by atoms with Crippen molar-refractivity contribution in [3.05, 3.63) is 0 Å². The van der Waals surface area contributed by atoms with Gasteiger partial charge in [-0.3, -0.25) is 0 Å². The molecule has 3 unspecified atom stereocenters. The molecule has 0 spiro atoms. The Balaban J connectivity index is 1.70. The monoisotopic (exact) mass is 270 g/mol. The normalized spacial score (nSPS) is 31.2. The third-order valence-corrected chi connectivity index (χ3v) is 3.81. The van der Waals surface area contributed by atoms with Gasteiger partial charge in [-0.2, -0.15) is 0 Å². The fourth-order valence-corrected chi connectivity index (χ4v) is 2.72. The van der Waals surface area contributed by atoms with Crippen LogP contribution >= 0.6 is 0 Å². The van der Waals surface area contributed by atoms with E-state index in [1.165, 1.54) is 6.42 Å². The molecule has 2 aliphatic rings. The number of likely N-dealkylation sites (tertiary alicyclic amines) is 1. The van der Waals surface area contributed by atoms with E-state index in [0.29, 0.717) is 25.3 Å². The van der Waals surface area contributed by atoms with Gasteiger partial charge in [-0.15, -0.1) is 0 Å². The molecule has 0 aromatic heterocycles. The number of carboxylic acids is 1. The summed E-state index contributed by atoms with van der Waals surface area (Å²) in [6, 6.07) is -0.0612. The predicted octanol–water partition coefficient (Wildman–Crippen LogP) is 1.06. The number of carboxylic acid groups (broad SMARTS) is 1. The van der Waals surface area contributed by atoms with E-state index >= 15 is 0 Å². The molecular weight excluding hydrogens is 248 g/mol. The molecular formula is C13H22N2O4. The lowest BCUT2D eigenvalue weighted by Gasteiger charge is -2.31. The molecule has 108 valence electrons. The molecule has 0 aromatic carbocycles. The molecule has 0 aliphatic carbocycles. The van der Waals surface area contributed by atoms with Crippen molar-refractivity contribution in [2.75, 3.05) is 19.6 Å². The van der Waals surface area contributed by atoms with Crippen LogP contribution in [-0.4, -0.2) is 53.8 Å². The maximum atomic E-state index is 12.0. The van der Waals surface area contributed by atoms with Crippen LogP contribution in [0.1, 0.15) is 32.6 Å². The highest BCUT2D eigenvalue weighted by molar-refractivity contribution is 5.74. The van der Waals surface area contributed by atoms with Crippen molar-refractivity contribution in [2.45, 2.75) is 44.8 Å². The van der Waals surface area contributed by atoms with Crippen LogP contribution in [0, 0.1) is 5.92 Å². The van der Waals surface area contributed by atoms with Gasteiger partial charge in [-0.05, 0) is 31.6 Å². The highest BCUT2D eigenvalue weighted by Gasteiger charge is 2.31. The number of rotatable bonds is 3. The van der Waals surface area contributed by atoms with E-state index in [4.69, 9.17) is 9.84 Å². The van der Waals surface area contributed by atoms with E-state index in [-0.39, 0.29) is 12.1 Å². The van der Waals surface area contributed by atoms with Crippen LogP contribution in [0.3, 0.4) is 0 Å². The average Bonchev–Trinajstić information content (AvgIpc) is 2.85. The summed E-state index contributed by atoms with van der Waals surface area (Å²) in [6.45, 7) is 4.15. The third kappa shape index (κ3) is 3.83. The highest BCUT2D eigenvalue weighted by atomic mass is 16.5. The van der Waals surface area contributed by atoms with Crippen LogP contribution in [0.15, 0.2) is 0 Å². The molecule has 6 heteroatoms. The van der Waals surface area contributed by atoms with Gasteiger partial charge in [-0.1, -0.05) is 6.92 Å². The van der Waals surface area contributed by atoms with Crippen LogP contribution in [0.4, 0.5) is 4.79 Å². The SMILES string of the molecule is CC1CCCN(C(=O)NCC2CCC(C(=O)O)O2)C1. The summed E-state index contributed by atoms with van der Waals surface area (Å²) < 4.78 is 5.35. The van der Waals surface area contributed by atoms with Gasteiger partial charge in [0.25, 0.3) is 0 Å². The second kappa shape index (κ2) is 6.23. The van der Waals surface area contributed by atoms with Crippen LogP contribution < -0.4 is 5.32 Å². The first-order chi connectivity index (χ1) is 9.06. The Bertz CT molecular complexity index is 348. The van der Waals surface area contributed by atoms with Crippen molar-refractivity contribution in [3.8, 4) is 0 Å². The van der Waals surface area contributed by atoms with E-state index in [0.717, 1.165) is 19.5 Å². The Hall–Kier alpha value is -1.30. The molecule has 2 saturated heterocycles. The smallest absolute Gasteiger partial charge is 0.332 e. The van der Waals surface area contributed by atoms with Crippen molar-refractivity contribution in [3.63, 3.8) is 0 Å². The molecule has 0 saturated carbocycles. The molecule has 2 heterocycles. The molecule has 2 rings (SSSR count). The number of nitrogens with zero attached hydrogens (tertiary/aromatic N) is 1. The summed E-state index contributed by atoms with van der Waals surface area (Å²) in [5.41, 5.74) is 0. The number of amides is 2. The zero-order valence-electron chi connectivity index (χ0n) is 11.3. The number of urea groups is 1. The first-order valence-corrected chi connectivity index (χ1v) is 6.97. The van der Waals surface area contributed by atoms with Crippen LogP contribution in [0.5, 0.6) is 0 Å². The molecule has 0 bridgehead atoms. The summed E-state index contributed by atoms with van der Waals surface area (Å²) in [7, 11) is 0. The summed E-state index contributed by atoms with van der Waals surface area (Å²) >= 11 is 0. The van der Waals surface area contributed by atoms with Gasteiger partial charge in [-0.25, -0.2) is 9.59 Å². The number of carbonyl (C=O) groups excluding carboxylic acids is 1. The van der Waals surface area contributed by atoms with E-state index in [9.17, 15) is 9.59 Å². The molecule has 0 aromatic rings. The van der Waals surface area contributed by atoms with E-state index in [2.05, 4.69) is 12.2 Å². The van der Waals surface area contributed by atoms with Gasteiger partial charge in [0.15, 0.2) is 6.10 Å². The van der Waals surface area contributed by atoms with E-state index in [1.807, 2.05) is 4.90 Å². The number of nitrogens with one attached hydrogen (secondary N) is 1. The molecule has 2 amide bonds. The molecule has 2 aliphatic heterocycles. The molecule has 2 N–H and O–H groups in total. The maximum Gasteiger partial charge on any atom is 0.332 e. The molecule has 3 atom stereocenters. The Labute approximate surface area is 113 Å². The minimum absolute atomic E-state index is 0.0612. The maximum absolute atomic E-state index is 12.0. The van der Waals surface area contributed by atoms with Crippen molar-refractivity contribution in [1.29, 1.82) is 0 Å². The van der Waals surface area contributed by atoms with Gasteiger partial charge < -0.3 is 20.1 Å². The summed E-state index contributed by atoms with van der Waals surface area (Å²) in [6.07, 6.45) is 2.56. The fraction of sp³-hybridized carbons (Fsp3) is 0.846. The molecule has 19 heavy (non-hydrogen) atoms. The topological polar surface area (TPSA) is 78.9 Å².